The molecule has 4 nitrogen and oxygen atoms in total. The summed E-state index contributed by atoms with van der Waals surface area (Å²) in [5.41, 5.74) is 1.01. The number of nitrogens with zero attached hydrogens (tertiary/aromatic N) is 3. The topological polar surface area (TPSA) is 65.4 Å². The van der Waals surface area contributed by atoms with Gasteiger partial charge in [-0.25, -0.2) is 4.98 Å². The molecule has 0 aliphatic heterocycles. The van der Waals surface area contributed by atoms with Crippen molar-refractivity contribution in [1.82, 2.24) is 15.2 Å². The molecule has 0 fully saturated rings. The van der Waals surface area contributed by atoms with Crippen LogP contribution in [0.5, 0.6) is 0 Å². The summed E-state index contributed by atoms with van der Waals surface area (Å²) < 4.78 is 0.841. The van der Waals surface area contributed by atoms with Crippen LogP contribution in [0.4, 0.5) is 0 Å². The molecule has 2 rings (SSSR count). The predicted octanol–water partition coefficient (Wildman–Crippen LogP) is 1.59. The van der Waals surface area contributed by atoms with E-state index in [0.29, 0.717) is 11.3 Å². The van der Waals surface area contributed by atoms with Crippen LogP contribution in [0.2, 0.25) is 0 Å². The van der Waals surface area contributed by atoms with Crippen molar-refractivity contribution in [3.05, 3.63) is 22.4 Å². The van der Waals surface area contributed by atoms with Gasteiger partial charge in [0.15, 0.2) is 5.65 Å². The predicted molar refractivity (Wildman–Crippen MR) is 46.3 cm³/mol. The van der Waals surface area contributed by atoms with Crippen molar-refractivity contribution >= 4 is 27.0 Å². The number of hydrogen-bond acceptors (Lipinski definition) is 3. The molecule has 5 heteroatoms. The fraction of sp³-hybridized carbons (Fsp3) is 0. The molecule has 0 radical (unpaired) electrons. The van der Waals surface area contributed by atoms with Gasteiger partial charge in [-0.1, -0.05) is 0 Å². The number of aromatic amines is 1. The van der Waals surface area contributed by atoms with Crippen molar-refractivity contribution in [3.8, 4) is 6.07 Å². The normalized spacial score (nSPS) is 10.0. The molecule has 2 aromatic heterocycles. The van der Waals surface area contributed by atoms with Crippen molar-refractivity contribution in [2.75, 3.05) is 0 Å². The molecule has 2 heterocycles. The van der Waals surface area contributed by atoms with Gasteiger partial charge < -0.3 is 0 Å². The zero-order valence-electron chi connectivity index (χ0n) is 5.87. The molecule has 0 bridgehead atoms. The van der Waals surface area contributed by atoms with Gasteiger partial charge in [0, 0.05) is 10.7 Å². The highest BCUT2D eigenvalue weighted by Crippen LogP contribution is 2.17. The van der Waals surface area contributed by atoms with Gasteiger partial charge in [0.2, 0.25) is 0 Å². The molecule has 0 amide bonds. The van der Waals surface area contributed by atoms with Gasteiger partial charge >= 0.3 is 0 Å². The highest BCUT2D eigenvalue weighted by Gasteiger charge is 2.04. The first kappa shape index (κ1) is 7.25. The van der Waals surface area contributed by atoms with Crippen LogP contribution >= 0.6 is 15.9 Å². The summed E-state index contributed by atoms with van der Waals surface area (Å²) in [5, 5.41) is 15.8. The summed E-state index contributed by atoms with van der Waals surface area (Å²) in [4.78, 5) is 4.01. The molecule has 0 aromatic carbocycles. The maximum Gasteiger partial charge on any atom is 0.182 e. The van der Waals surface area contributed by atoms with E-state index in [-0.39, 0.29) is 0 Å². The van der Waals surface area contributed by atoms with Gasteiger partial charge in [-0.15, -0.1) is 0 Å². The Kier molecular flexibility index (Phi) is 1.55. The van der Waals surface area contributed by atoms with Crippen LogP contribution in [-0.2, 0) is 0 Å². The van der Waals surface area contributed by atoms with Crippen LogP contribution in [0.3, 0.4) is 0 Å². The molecule has 0 saturated heterocycles. The minimum absolute atomic E-state index is 0.443. The molecule has 0 atom stereocenters. The highest BCUT2D eigenvalue weighted by atomic mass is 79.9. The Hall–Kier alpha value is -1.41. The number of H-pyrrole nitrogens is 1. The molecule has 58 valence electrons. The van der Waals surface area contributed by atoms with E-state index in [2.05, 4.69) is 31.1 Å². The van der Waals surface area contributed by atoms with Crippen molar-refractivity contribution in [1.29, 1.82) is 5.26 Å². The van der Waals surface area contributed by atoms with Gasteiger partial charge in [0.05, 0.1) is 5.39 Å². The lowest BCUT2D eigenvalue weighted by molar-refractivity contribution is 1.08. The van der Waals surface area contributed by atoms with Crippen LogP contribution < -0.4 is 0 Å². The van der Waals surface area contributed by atoms with Crippen LogP contribution in [-0.4, -0.2) is 15.2 Å². The average Bonchev–Trinajstić information content (AvgIpc) is 2.46. The minimum Gasteiger partial charge on any atom is -0.265 e. The molecule has 12 heavy (non-hydrogen) atoms. The summed E-state index contributed by atoms with van der Waals surface area (Å²) >= 11 is 3.27. The minimum atomic E-state index is 0.443. The summed E-state index contributed by atoms with van der Waals surface area (Å²) in [6, 6.07) is 3.81. The molecule has 1 N–H and O–H groups in total. The number of aromatic nitrogens is 3. The number of nitriles is 1. The Morgan fingerprint density at radius 2 is 2.42 bits per heavy atom. The first-order valence-corrected chi connectivity index (χ1v) is 4.00. The third-order valence-electron chi connectivity index (χ3n) is 1.49. The van der Waals surface area contributed by atoms with Crippen molar-refractivity contribution in [2.45, 2.75) is 0 Å². The number of rotatable bonds is 0. The summed E-state index contributed by atoms with van der Waals surface area (Å²) in [6.07, 6.45) is 1.64. The summed E-state index contributed by atoms with van der Waals surface area (Å²) in [5.74, 6) is 0. The van der Waals surface area contributed by atoms with Crippen LogP contribution in [0.1, 0.15) is 5.69 Å². The maximum atomic E-state index is 8.65. The van der Waals surface area contributed by atoms with Crippen LogP contribution in [0.15, 0.2) is 16.7 Å². The monoisotopic (exact) mass is 222 g/mol. The molecular weight excluding hydrogens is 220 g/mol. The van der Waals surface area contributed by atoms with E-state index in [1.165, 1.54) is 0 Å². The Labute approximate surface area is 76.4 Å². The zero-order valence-corrected chi connectivity index (χ0v) is 7.46. The zero-order chi connectivity index (χ0) is 8.55. The van der Waals surface area contributed by atoms with E-state index < -0.39 is 0 Å². The van der Waals surface area contributed by atoms with Crippen molar-refractivity contribution in [3.63, 3.8) is 0 Å². The van der Waals surface area contributed by atoms with Gasteiger partial charge in [-0.2, -0.15) is 10.4 Å². The van der Waals surface area contributed by atoms with Gasteiger partial charge in [0.25, 0.3) is 0 Å². The molecule has 0 aliphatic rings. The van der Waals surface area contributed by atoms with Crippen molar-refractivity contribution < 1.29 is 0 Å². The van der Waals surface area contributed by atoms with E-state index in [4.69, 9.17) is 5.26 Å². The Balaban J connectivity index is 2.86. The first-order valence-electron chi connectivity index (χ1n) is 3.21. The number of hydrogen-bond donors (Lipinski definition) is 1. The lowest BCUT2D eigenvalue weighted by Gasteiger charge is -1.87. The lowest BCUT2D eigenvalue weighted by Crippen LogP contribution is -1.75. The fourth-order valence-electron chi connectivity index (χ4n) is 0.959. The smallest absolute Gasteiger partial charge is 0.182 e. The Morgan fingerprint density at radius 3 is 3.17 bits per heavy atom. The molecule has 0 spiro atoms. The average molecular weight is 223 g/mol. The fourth-order valence-corrected chi connectivity index (χ4v) is 1.29. The largest absolute Gasteiger partial charge is 0.265 e. The quantitative estimate of drug-likeness (QED) is 0.737. The lowest BCUT2D eigenvalue weighted by atomic mass is 10.3. The summed E-state index contributed by atoms with van der Waals surface area (Å²) in [6.45, 7) is 0. The number of nitrogens with one attached hydrogen (secondary N) is 1. The second kappa shape index (κ2) is 2.57. The van der Waals surface area contributed by atoms with E-state index in [1.54, 1.807) is 6.20 Å². The first-order chi connectivity index (χ1) is 5.81. The van der Waals surface area contributed by atoms with E-state index >= 15 is 0 Å². The van der Waals surface area contributed by atoms with E-state index in [0.717, 1.165) is 9.86 Å². The molecule has 0 saturated carbocycles. The number of halogens is 1. The third-order valence-corrected chi connectivity index (χ3v) is 1.92. The van der Waals surface area contributed by atoms with E-state index in [1.807, 2.05) is 12.1 Å². The SMILES string of the molecule is N#Cc1[nH]nc2ncc(Br)cc12. The molecule has 2 aromatic rings. The Morgan fingerprint density at radius 1 is 1.58 bits per heavy atom. The van der Waals surface area contributed by atoms with Gasteiger partial charge in [-0.05, 0) is 22.0 Å². The third kappa shape index (κ3) is 0.970. The van der Waals surface area contributed by atoms with E-state index in [9.17, 15) is 0 Å². The van der Waals surface area contributed by atoms with Gasteiger partial charge in [0.1, 0.15) is 11.8 Å². The molecular formula is C7H3BrN4. The molecule has 0 unspecified atom stereocenters. The highest BCUT2D eigenvalue weighted by molar-refractivity contribution is 9.10. The number of fused-ring (bicyclic) bond motifs is 1. The Bertz CT molecular complexity index is 468. The maximum absolute atomic E-state index is 8.65. The molecule has 0 aliphatic carbocycles. The second-order valence-corrected chi connectivity index (χ2v) is 3.15. The standard InChI is InChI=1S/C7H3BrN4/c8-4-1-5-6(2-9)11-12-7(5)10-3-4/h1,3H,(H,10,11,12). The second-order valence-electron chi connectivity index (χ2n) is 2.24. The van der Waals surface area contributed by atoms with Gasteiger partial charge in [-0.3, -0.25) is 5.10 Å². The van der Waals surface area contributed by atoms with Crippen molar-refractivity contribution in [2.24, 2.45) is 0 Å². The number of pyridine rings is 1. The van der Waals surface area contributed by atoms with Crippen LogP contribution in [0.25, 0.3) is 11.0 Å². The van der Waals surface area contributed by atoms with Crippen LogP contribution in [0, 0.1) is 11.3 Å². The summed E-state index contributed by atoms with van der Waals surface area (Å²) in [7, 11) is 0.